The van der Waals surface area contributed by atoms with Gasteiger partial charge >= 0.3 is 0 Å². The van der Waals surface area contributed by atoms with Crippen LogP contribution >= 0.6 is 11.6 Å². The molecule has 1 aliphatic heterocycles. The second-order valence-corrected chi connectivity index (χ2v) is 6.97. The van der Waals surface area contributed by atoms with Crippen molar-refractivity contribution in [1.29, 1.82) is 0 Å². The number of para-hydroxylation sites is 1. The highest BCUT2D eigenvalue weighted by Gasteiger charge is 2.22. The van der Waals surface area contributed by atoms with Crippen LogP contribution in [-0.4, -0.2) is 45.5 Å². The van der Waals surface area contributed by atoms with Gasteiger partial charge in [0.1, 0.15) is 11.3 Å². The summed E-state index contributed by atoms with van der Waals surface area (Å²) >= 11 is 6.36. The minimum Gasteiger partial charge on any atom is -0.309 e. The van der Waals surface area contributed by atoms with E-state index in [0.717, 1.165) is 47.3 Å². The molecule has 4 aromatic heterocycles. The summed E-state index contributed by atoms with van der Waals surface area (Å²) in [6.07, 6.45) is 5.83. The zero-order chi connectivity index (χ0) is 18.0. The van der Waals surface area contributed by atoms with Crippen LogP contribution in [0, 0.1) is 0 Å². The topological polar surface area (TPSA) is 90.2 Å². The molecule has 9 nitrogen and oxygen atoms in total. The molecule has 5 heterocycles. The Bertz CT molecular complexity index is 1310. The second-order valence-electron chi connectivity index (χ2n) is 6.63. The van der Waals surface area contributed by atoms with Gasteiger partial charge in [-0.25, -0.2) is 9.38 Å². The van der Waals surface area contributed by atoms with Crippen molar-refractivity contribution >= 4 is 33.8 Å². The molecule has 27 heavy (non-hydrogen) atoms. The van der Waals surface area contributed by atoms with Crippen molar-refractivity contribution in [3.05, 3.63) is 47.6 Å². The molecule has 5 aromatic rings. The van der Waals surface area contributed by atoms with Crippen molar-refractivity contribution in [1.82, 2.24) is 44.3 Å². The highest BCUT2D eigenvalue weighted by atomic mass is 35.5. The van der Waals surface area contributed by atoms with Crippen molar-refractivity contribution in [3.8, 4) is 5.95 Å². The molecular weight excluding hydrogens is 366 g/mol. The predicted molar refractivity (Wildman–Crippen MR) is 99.1 cm³/mol. The maximum absolute atomic E-state index is 6.36. The Hall–Kier alpha value is -3.04. The SMILES string of the molecule is Clc1ncc2n1c1ccccc1c1nnc(-n3cc(C4CCCN4)nn3)n12. The van der Waals surface area contributed by atoms with Gasteiger partial charge in [-0.05, 0) is 43.1 Å². The molecule has 0 bridgehead atoms. The number of aromatic nitrogens is 8. The molecule has 1 fully saturated rings. The molecule has 6 rings (SSSR count). The first-order valence-electron chi connectivity index (χ1n) is 8.76. The van der Waals surface area contributed by atoms with E-state index in [0.29, 0.717) is 11.2 Å². The number of rotatable bonds is 2. The average molecular weight is 380 g/mol. The monoisotopic (exact) mass is 379 g/mol. The Balaban J connectivity index is 1.65. The van der Waals surface area contributed by atoms with E-state index in [-0.39, 0.29) is 6.04 Å². The van der Waals surface area contributed by atoms with Crippen LogP contribution in [0.15, 0.2) is 36.7 Å². The summed E-state index contributed by atoms with van der Waals surface area (Å²) in [4.78, 5) is 4.28. The fraction of sp³-hybridized carbons (Fsp3) is 0.235. The third-order valence-electron chi connectivity index (χ3n) is 5.09. The standard InChI is InChI=1S/C17H14ClN9/c18-16-20-8-14-26(16)13-6-2-1-4-10(13)15-22-23-17(27(14)15)25-9-12(21-24-25)11-5-3-7-19-11/h1-2,4,6,8-9,11,19H,3,5,7H2. The summed E-state index contributed by atoms with van der Waals surface area (Å²) in [5.74, 6) is 0.550. The minimum absolute atomic E-state index is 0.239. The first-order chi connectivity index (χ1) is 13.3. The average Bonchev–Trinajstić information content (AvgIpc) is 3.46. The number of nitrogens with one attached hydrogen (secondary N) is 1. The molecule has 0 amide bonds. The number of hydrogen-bond acceptors (Lipinski definition) is 6. The maximum Gasteiger partial charge on any atom is 0.259 e. The Morgan fingerprint density at radius 2 is 2.04 bits per heavy atom. The van der Waals surface area contributed by atoms with Crippen LogP contribution in [0.2, 0.25) is 5.28 Å². The largest absolute Gasteiger partial charge is 0.309 e. The lowest BCUT2D eigenvalue weighted by Crippen LogP contribution is -2.13. The highest BCUT2D eigenvalue weighted by molar-refractivity contribution is 6.29. The zero-order valence-corrected chi connectivity index (χ0v) is 14.9. The molecule has 0 spiro atoms. The molecular formula is C17H14ClN9. The van der Waals surface area contributed by atoms with Crippen LogP contribution in [-0.2, 0) is 0 Å². The van der Waals surface area contributed by atoms with Gasteiger partial charge in [-0.2, -0.15) is 4.68 Å². The van der Waals surface area contributed by atoms with Crippen molar-refractivity contribution in [2.45, 2.75) is 18.9 Å². The van der Waals surface area contributed by atoms with E-state index in [9.17, 15) is 0 Å². The molecule has 1 saturated heterocycles. The number of nitrogens with zero attached hydrogens (tertiary/aromatic N) is 8. The number of halogens is 1. The lowest BCUT2D eigenvalue weighted by Gasteiger charge is -2.07. The summed E-state index contributed by atoms with van der Waals surface area (Å²) in [7, 11) is 0. The fourth-order valence-corrected chi connectivity index (χ4v) is 4.07. The Morgan fingerprint density at radius 1 is 1.11 bits per heavy atom. The third-order valence-corrected chi connectivity index (χ3v) is 5.36. The molecule has 1 unspecified atom stereocenters. The van der Waals surface area contributed by atoms with Crippen molar-refractivity contribution < 1.29 is 0 Å². The lowest BCUT2D eigenvalue weighted by atomic mass is 10.2. The molecule has 0 radical (unpaired) electrons. The summed E-state index contributed by atoms with van der Waals surface area (Å²) in [6, 6.07) is 8.15. The molecule has 134 valence electrons. The Kier molecular flexibility index (Phi) is 3.06. The van der Waals surface area contributed by atoms with Gasteiger partial charge in [-0.1, -0.05) is 17.3 Å². The summed E-state index contributed by atoms with van der Waals surface area (Å²) in [6.45, 7) is 1.01. The smallest absolute Gasteiger partial charge is 0.259 e. The van der Waals surface area contributed by atoms with Crippen LogP contribution in [0.4, 0.5) is 0 Å². The summed E-state index contributed by atoms with van der Waals surface area (Å²) in [5.41, 5.74) is 3.33. The highest BCUT2D eigenvalue weighted by Crippen LogP contribution is 2.27. The van der Waals surface area contributed by atoms with Gasteiger partial charge in [0.15, 0.2) is 5.65 Å². The van der Waals surface area contributed by atoms with E-state index in [2.05, 4.69) is 30.8 Å². The van der Waals surface area contributed by atoms with E-state index in [1.807, 2.05) is 39.3 Å². The second kappa shape index (κ2) is 5.48. The van der Waals surface area contributed by atoms with Gasteiger partial charge in [-0.3, -0.25) is 4.40 Å². The number of fused-ring (bicyclic) bond motifs is 6. The van der Waals surface area contributed by atoms with Gasteiger partial charge in [0.05, 0.1) is 24.0 Å². The normalized spacial score (nSPS) is 17.6. The van der Waals surface area contributed by atoms with Crippen LogP contribution < -0.4 is 5.32 Å². The van der Waals surface area contributed by atoms with E-state index in [1.165, 1.54) is 0 Å². The Morgan fingerprint density at radius 3 is 2.93 bits per heavy atom. The molecule has 1 atom stereocenters. The number of imidazole rings is 1. The fourth-order valence-electron chi connectivity index (χ4n) is 3.84. The Labute approximate surface area is 157 Å². The molecule has 1 aliphatic rings. The molecule has 1 N–H and O–H groups in total. The molecule has 1 aromatic carbocycles. The summed E-state index contributed by atoms with van der Waals surface area (Å²) < 4.78 is 5.44. The maximum atomic E-state index is 6.36. The number of hydrogen-bond donors (Lipinski definition) is 1. The van der Waals surface area contributed by atoms with Gasteiger partial charge in [-0.15, -0.1) is 15.3 Å². The third kappa shape index (κ3) is 2.06. The number of benzene rings is 1. The van der Waals surface area contributed by atoms with Gasteiger partial charge in [0.2, 0.25) is 5.28 Å². The quantitative estimate of drug-likeness (QED) is 0.505. The van der Waals surface area contributed by atoms with Gasteiger partial charge < -0.3 is 5.32 Å². The van der Waals surface area contributed by atoms with E-state index < -0.39 is 0 Å². The zero-order valence-electron chi connectivity index (χ0n) is 14.1. The molecule has 0 saturated carbocycles. The lowest BCUT2D eigenvalue weighted by molar-refractivity contribution is 0.624. The van der Waals surface area contributed by atoms with Crippen LogP contribution in [0.1, 0.15) is 24.6 Å². The van der Waals surface area contributed by atoms with Crippen LogP contribution in [0.3, 0.4) is 0 Å². The molecule has 10 heteroatoms. The first-order valence-corrected chi connectivity index (χ1v) is 9.14. The van der Waals surface area contributed by atoms with Crippen molar-refractivity contribution in [3.63, 3.8) is 0 Å². The van der Waals surface area contributed by atoms with E-state index >= 15 is 0 Å². The van der Waals surface area contributed by atoms with Crippen LogP contribution in [0.5, 0.6) is 0 Å². The van der Waals surface area contributed by atoms with Gasteiger partial charge in [0.25, 0.3) is 5.95 Å². The van der Waals surface area contributed by atoms with Crippen LogP contribution in [0.25, 0.3) is 28.1 Å². The van der Waals surface area contributed by atoms with Crippen molar-refractivity contribution in [2.24, 2.45) is 0 Å². The van der Waals surface area contributed by atoms with Crippen molar-refractivity contribution in [2.75, 3.05) is 6.54 Å². The predicted octanol–water partition coefficient (Wildman–Crippen LogP) is 2.19. The van der Waals surface area contributed by atoms with E-state index in [1.54, 1.807) is 10.9 Å². The summed E-state index contributed by atoms with van der Waals surface area (Å²) in [5, 5.41) is 22.2. The first kappa shape index (κ1) is 15.1. The minimum atomic E-state index is 0.239. The van der Waals surface area contributed by atoms with Gasteiger partial charge in [0, 0.05) is 5.39 Å². The molecule has 0 aliphatic carbocycles. The van der Waals surface area contributed by atoms with E-state index in [4.69, 9.17) is 11.6 Å².